The number of halogens is 2. The molecular formula is C19H24F2N2O4. The van der Waals surface area contributed by atoms with Gasteiger partial charge in [0.25, 0.3) is 0 Å². The molecule has 0 saturated carbocycles. The Morgan fingerprint density at radius 1 is 1.33 bits per heavy atom. The molecule has 0 aliphatic carbocycles. The normalized spacial score (nSPS) is 18.0. The fourth-order valence-electron chi connectivity index (χ4n) is 3.24. The lowest BCUT2D eigenvalue weighted by molar-refractivity contribution is -0.142. The number of rotatable bonds is 8. The summed E-state index contributed by atoms with van der Waals surface area (Å²) in [5, 5.41) is 11.7. The van der Waals surface area contributed by atoms with Gasteiger partial charge in [-0.25, -0.2) is 13.6 Å². The molecule has 0 radical (unpaired) electrons. The number of aliphatic carboxylic acids is 1. The van der Waals surface area contributed by atoms with Crippen LogP contribution in [0.15, 0.2) is 18.2 Å². The maximum Gasteiger partial charge on any atom is 0.326 e. The quantitative estimate of drug-likeness (QED) is 0.723. The Bertz CT molecular complexity index is 724. The Morgan fingerprint density at radius 3 is 2.67 bits per heavy atom. The Balaban J connectivity index is 2.03. The van der Waals surface area contributed by atoms with Crippen LogP contribution in [0.5, 0.6) is 0 Å². The number of hydrogen-bond acceptors (Lipinski definition) is 3. The van der Waals surface area contributed by atoms with Crippen LogP contribution in [0.25, 0.3) is 0 Å². The zero-order chi connectivity index (χ0) is 20.1. The third-order valence-corrected chi connectivity index (χ3v) is 4.59. The number of amides is 2. The first-order valence-corrected chi connectivity index (χ1v) is 8.93. The van der Waals surface area contributed by atoms with Crippen LogP contribution in [0.3, 0.4) is 0 Å². The van der Waals surface area contributed by atoms with Gasteiger partial charge in [0.15, 0.2) is 11.6 Å². The molecule has 6 nitrogen and oxygen atoms in total. The van der Waals surface area contributed by atoms with Crippen molar-refractivity contribution in [1.29, 1.82) is 0 Å². The van der Waals surface area contributed by atoms with E-state index >= 15 is 0 Å². The first kappa shape index (κ1) is 20.8. The molecule has 8 heteroatoms. The molecule has 2 atom stereocenters. The van der Waals surface area contributed by atoms with E-state index < -0.39 is 35.6 Å². The lowest BCUT2D eigenvalue weighted by Gasteiger charge is -2.25. The molecule has 2 N–H and O–H groups in total. The van der Waals surface area contributed by atoms with Crippen LogP contribution in [0, 0.1) is 17.6 Å². The second-order valence-electron chi connectivity index (χ2n) is 7.22. The van der Waals surface area contributed by atoms with Crippen LogP contribution in [0.1, 0.15) is 45.1 Å². The van der Waals surface area contributed by atoms with E-state index in [2.05, 4.69) is 5.32 Å². The van der Waals surface area contributed by atoms with Gasteiger partial charge in [-0.3, -0.25) is 9.59 Å². The number of likely N-dealkylation sites (tertiary alicyclic amines) is 1. The summed E-state index contributed by atoms with van der Waals surface area (Å²) in [4.78, 5) is 37.0. The predicted octanol–water partition coefficient (Wildman–Crippen LogP) is 2.46. The van der Waals surface area contributed by atoms with E-state index in [1.165, 1.54) is 17.0 Å². The van der Waals surface area contributed by atoms with Crippen molar-refractivity contribution < 1.29 is 28.3 Å². The monoisotopic (exact) mass is 382 g/mol. The van der Waals surface area contributed by atoms with E-state index in [9.17, 15) is 28.3 Å². The average Bonchev–Trinajstić information content (AvgIpc) is 2.91. The first-order chi connectivity index (χ1) is 12.7. The van der Waals surface area contributed by atoms with Gasteiger partial charge in [-0.1, -0.05) is 26.0 Å². The molecular weight excluding hydrogens is 358 g/mol. The third kappa shape index (κ3) is 5.48. The molecule has 0 unspecified atom stereocenters. The lowest BCUT2D eigenvalue weighted by Crippen LogP contribution is -2.44. The van der Waals surface area contributed by atoms with Crippen molar-refractivity contribution in [2.45, 2.75) is 58.2 Å². The second-order valence-corrected chi connectivity index (χ2v) is 7.22. The molecule has 27 heavy (non-hydrogen) atoms. The Hall–Kier alpha value is -2.51. The number of carbonyl (C=O) groups is 3. The lowest BCUT2D eigenvalue weighted by atomic mass is 10.0. The van der Waals surface area contributed by atoms with Crippen LogP contribution in [0.2, 0.25) is 0 Å². The van der Waals surface area contributed by atoms with E-state index in [-0.39, 0.29) is 36.8 Å². The van der Waals surface area contributed by atoms with Gasteiger partial charge in [0.05, 0.1) is 0 Å². The summed E-state index contributed by atoms with van der Waals surface area (Å²) < 4.78 is 27.3. The van der Waals surface area contributed by atoms with Crippen LogP contribution in [-0.4, -0.2) is 39.9 Å². The van der Waals surface area contributed by atoms with E-state index in [1.54, 1.807) is 0 Å². The molecule has 1 aromatic rings. The SMILES string of the molecule is CC(C)C[C@H](NC(=O)C[C@@H]1CCC(=O)N1Cc1cccc(F)c1F)C(=O)O. The molecule has 1 aromatic carbocycles. The average molecular weight is 382 g/mol. The molecule has 1 saturated heterocycles. The minimum Gasteiger partial charge on any atom is -0.480 e. The number of carboxylic acid groups (broad SMARTS) is 1. The molecule has 0 spiro atoms. The van der Waals surface area contributed by atoms with Crippen molar-refractivity contribution in [1.82, 2.24) is 10.2 Å². The molecule has 2 amide bonds. The van der Waals surface area contributed by atoms with Crippen LogP contribution in [-0.2, 0) is 20.9 Å². The maximum atomic E-state index is 13.9. The molecule has 1 heterocycles. The van der Waals surface area contributed by atoms with Gasteiger partial charge in [0, 0.05) is 31.0 Å². The van der Waals surface area contributed by atoms with Gasteiger partial charge < -0.3 is 15.3 Å². The van der Waals surface area contributed by atoms with E-state index in [0.717, 1.165) is 6.07 Å². The molecule has 0 bridgehead atoms. The highest BCUT2D eigenvalue weighted by Crippen LogP contribution is 2.25. The van der Waals surface area contributed by atoms with E-state index in [0.29, 0.717) is 12.8 Å². The highest BCUT2D eigenvalue weighted by Gasteiger charge is 2.34. The number of benzene rings is 1. The largest absolute Gasteiger partial charge is 0.480 e. The summed E-state index contributed by atoms with van der Waals surface area (Å²) in [6.07, 6.45) is 0.835. The molecule has 2 rings (SSSR count). The standard InChI is InChI=1S/C19H24F2N2O4/c1-11(2)8-15(19(26)27)22-16(24)9-13-6-7-17(25)23(13)10-12-4-3-5-14(20)18(12)21/h3-5,11,13,15H,6-10H2,1-2H3,(H,22,24)(H,26,27)/t13-,15-/m0/s1. The van der Waals surface area contributed by atoms with E-state index in [1.807, 2.05) is 13.8 Å². The number of nitrogens with zero attached hydrogens (tertiary/aromatic N) is 1. The summed E-state index contributed by atoms with van der Waals surface area (Å²) in [5.41, 5.74) is 0.0406. The fraction of sp³-hybridized carbons (Fsp3) is 0.526. The van der Waals surface area contributed by atoms with Gasteiger partial charge >= 0.3 is 5.97 Å². The summed E-state index contributed by atoms with van der Waals surface area (Å²) in [7, 11) is 0. The zero-order valence-electron chi connectivity index (χ0n) is 15.4. The van der Waals surface area contributed by atoms with Gasteiger partial charge in [-0.2, -0.15) is 0 Å². The zero-order valence-corrected chi connectivity index (χ0v) is 15.4. The summed E-state index contributed by atoms with van der Waals surface area (Å²) in [6.45, 7) is 3.58. The summed E-state index contributed by atoms with van der Waals surface area (Å²) >= 11 is 0. The minimum atomic E-state index is -1.11. The summed E-state index contributed by atoms with van der Waals surface area (Å²) in [5.74, 6) is -3.75. The number of hydrogen-bond donors (Lipinski definition) is 2. The molecule has 1 aliphatic rings. The van der Waals surface area contributed by atoms with Crippen molar-refractivity contribution >= 4 is 17.8 Å². The highest BCUT2D eigenvalue weighted by atomic mass is 19.2. The first-order valence-electron chi connectivity index (χ1n) is 8.93. The topological polar surface area (TPSA) is 86.7 Å². The van der Waals surface area contributed by atoms with Crippen molar-refractivity contribution in [2.24, 2.45) is 5.92 Å². The smallest absolute Gasteiger partial charge is 0.326 e. The number of carboxylic acids is 1. The van der Waals surface area contributed by atoms with Crippen molar-refractivity contribution in [3.8, 4) is 0 Å². The Morgan fingerprint density at radius 2 is 2.04 bits per heavy atom. The third-order valence-electron chi connectivity index (χ3n) is 4.59. The van der Waals surface area contributed by atoms with Gasteiger partial charge in [-0.05, 0) is 24.8 Å². The number of nitrogens with one attached hydrogen (secondary N) is 1. The van der Waals surface area contributed by atoms with Crippen LogP contribution >= 0.6 is 0 Å². The summed E-state index contributed by atoms with van der Waals surface area (Å²) in [6, 6.07) is 2.28. The second kappa shape index (κ2) is 8.92. The van der Waals surface area contributed by atoms with Crippen LogP contribution < -0.4 is 5.32 Å². The highest BCUT2D eigenvalue weighted by molar-refractivity contribution is 5.85. The van der Waals surface area contributed by atoms with Gasteiger partial charge in [-0.15, -0.1) is 0 Å². The predicted molar refractivity (Wildman–Crippen MR) is 93.6 cm³/mol. The Labute approximate surface area is 156 Å². The van der Waals surface area contributed by atoms with Crippen molar-refractivity contribution in [2.75, 3.05) is 0 Å². The van der Waals surface area contributed by atoms with Crippen molar-refractivity contribution in [3.05, 3.63) is 35.4 Å². The molecule has 148 valence electrons. The molecule has 0 aromatic heterocycles. The Kier molecular flexibility index (Phi) is 6.87. The van der Waals surface area contributed by atoms with Gasteiger partial charge in [0.2, 0.25) is 11.8 Å². The van der Waals surface area contributed by atoms with Crippen LogP contribution in [0.4, 0.5) is 8.78 Å². The fourth-order valence-corrected chi connectivity index (χ4v) is 3.24. The van der Waals surface area contributed by atoms with Gasteiger partial charge in [0.1, 0.15) is 6.04 Å². The molecule has 1 aliphatic heterocycles. The minimum absolute atomic E-state index is 0.0406. The van der Waals surface area contributed by atoms with Crippen molar-refractivity contribution in [3.63, 3.8) is 0 Å². The van der Waals surface area contributed by atoms with E-state index in [4.69, 9.17) is 0 Å². The number of carbonyl (C=O) groups excluding carboxylic acids is 2. The molecule has 1 fully saturated rings. The maximum absolute atomic E-state index is 13.9.